The lowest BCUT2D eigenvalue weighted by Gasteiger charge is -2.23. The third kappa shape index (κ3) is 4.21. The van der Waals surface area contributed by atoms with Gasteiger partial charge >= 0.3 is 0 Å². The maximum absolute atomic E-state index is 12.2. The number of carbonyl (C=O) groups is 1. The summed E-state index contributed by atoms with van der Waals surface area (Å²) in [6.07, 6.45) is 2.56. The van der Waals surface area contributed by atoms with Crippen LogP contribution in [0.1, 0.15) is 42.6 Å². The van der Waals surface area contributed by atoms with Crippen molar-refractivity contribution in [3.8, 4) is 0 Å². The molecule has 4 heteroatoms. The number of amides is 1. The molecule has 4 nitrogen and oxygen atoms in total. The Morgan fingerprint density at radius 1 is 1.33 bits per heavy atom. The standard InChI is InChI=1S/C17H27N3O/c1-4-18-16-8-7-15(11-13(16)2)17(21)19-12-14(3)20-9-5-6-10-20/h7-8,11,14,18H,4-6,9-10,12H2,1-3H3,(H,19,21). The van der Waals surface area contributed by atoms with Gasteiger partial charge < -0.3 is 10.6 Å². The number of aryl methyl sites for hydroxylation is 1. The summed E-state index contributed by atoms with van der Waals surface area (Å²) in [6, 6.07) is 6.24. The average molecular weight is 289 g/mol. The molecule has 0 bridgehead atoms. The summed E-state index contributed by atoms with van der Waals surface area (Å²) in [5.74, 6) is 0.0206. The lowest BCUT2D eigenvalue weighted by molar-refractivity contribution is 0.0940. The van der Waals surface area contributed by atoms with Gasteiger partial charge in [-0.05, 0) is 70.5 Å². The van der Waals surface area contributed by atoms with E-state index in [1.165, 1.54) is 12.8 Å². The van der Waals surface area contributed by atoms with Gasteiger partial charge in [-0.25, -0.2) is 0 Å². The van der Waals surface area contributed by atoms with Gasteiger partial charge in [-0.3, -0.25) is 9.69 Å². The van der Waals surface area contributed by atoms with Crippen LogP contribution in [0.25, 0.3) is 0 Å². The summed E-state index contributed by atoms with van der Waals surface area (Å²) < 4.78 is 0. The average Bonchev–Trinajstić information content (AvgIpc) is 3.01. The van der Waals surface area contributed by atoms with Crippen LogP contribution in [0.5, 0.6) is 0 Å². The molecule has 1 saturated heterocycles. The number of hydrogen-bond acceptors (Lipinski definition) is 3. The second-order valence-electron chi connectivity index (χ2n) is 5.86. The van der Waals surface area contributed by atoms with Gasteiger partial charge in [0.1, 0.15) is 0 Å². The number of carbonyl (C=O) groups excluding carboxylic acids is 1. The molecular weight excluding hydrogens is 262 g/mol. The van der Waals surface area contributed by atoms with Gasteiger partial charge in [-0.15, -0.1) is 0 Å². The lowest BCUT2D eigenvalue weighted by atomic mass is 10.1. The molecule has 0 aliphatic carbocycles. The third-order valence-corrected chi connectivity index (χ3v) is 4.18. The highest BCUT2D eigenvalue weighted by atomic mass is 16.1. The van der Waals surface area contributed by atoms with Crippen LogP contribution in [0.4, 0.5) is 5.69 Å². The number of likely N-dealkylation sites (tertiary alicyclic amines) is 1. The zero-order valence-corrected chi connectivity index (χ0v) is 13.4. The van der Waals surface area contributed by atoms with Gasteiger partial charge in [0.2, 0.25) is 0 Å². The van der Waals surface area contributed by atoms with Crippen molar-refractivity contribution in [2.75, 3.05) is 31.5 Å². The molecule has 1 aromatic rings. The first-order valence-electron chi connectivity index (χ1n) is 7.98. The zero-order chi connectivity index (χ0) is 15.2. The molecule has 21 heavy (non-hydrogen) atoms. The molecule has 2 N–H and O–H groups in total. The van der Waals surface area contributed by atoms with Gasteiger partial charge in [-0.1, -0.05) is 0 Å². The van der Waals surface area contributed by atoms with Gasteiger partial charge in [0.05, 0.1) is 0 Å². The maximum Gasteiger partial charge on any atom is 0.251 e. The SMILES string of the molecule is CCNc1ccc(C(=O)NCC(C)N2CCCC2)cc1C. The van der Waals surface area contributed by atoms with Gasteiger partial charge in [0.25, 0.3) is 5.91 Å². The number of nitrogens with one attached hydrogen (secondary N) is 2. The first kappa shape index (κ1) is 15.8. The normalized spacial score (nSPS) is 16.7. The summed E-state index contributed by atoms with van der Waals surface area (Å²) in [5.41, 5.74) is 2.94. The number of nitrogens with zero attached hydrogens (tertiary/aromatic N) is 1. The Bertz CT molecular complexity index is 481. The minimum absolute atomic E-state index is 0.0206. The first-order valence-corrected chi connectivity index (χ1v) is 7.98. The molecule has 1 aromatic carbocycles. The fourth-order valence-corrected chi connectivity index (χ4v) is 2.85. The second-order valence-corrected chi connectivity index (χ2v) is 5.86. The van der Waals surface area contributed by atoms with E-state index in [1.54, 1.807) is 0 Å². The van der Waals surface area contributed by atoms with E-state index >= 15 is 0 Å². The van der Waals surface area contributed by atoms with Crippen molar-refractivity contribution in [3.63, 3.8) is 0 Å². The van der Waals surface area contributed by atoms with Crippen LogP contribution in [0.15, 0.2) is 18.2 Å². The Morgan fingerprint density at radius 3 is 2.67 bits per heavy atom. The molecule has 1 fully saturated rings. The summed E-state index contributed by atoms with van der Waals surface area (Å²) >= 11 is 0. The van der Waals surface area contributed by atoms with Crippen LogP contribution in [0.2, 0.25) is 0 Å². The molecule has 0 aromatic heterocycles. The fourth-order valence-electron chi connectivity index (χ4n) is 2.85. The van der Waals surface area contributed by atoms with E-state index < -0.39 is 0 Å². The molecule has 1 heterocycles. The van der Waals surface area contributed by atoms with Crippen LogP contribution in [0.3, 0.4) is 0 Å². The first-order chi connectivity index (χ1) is 10.1. The number of rotatable bonds is 6. The van der Waals surface area contributed by atoms with E-state index in [0.717, 1.165) is 36.4 Å². The zero-order valence-electron chi connectivity index (χ0n) is 13.4. The molecule has 0 radical (unpaired) electrons. The van der Waals surface area contributed by atoms with Crippen molar-refractivity contribution < 1.29 is 4.79 Å². The van der Waals surface area contributed by atoms with E-state index in [9.17, 15) is 4.79 Å². The highest BCUT2D eigenvalue weighted by Gasteiger charge is 2.18. The molecule has 116 valence electrons. The van der Waals surface area contributed by atoms with E-state index in [2.05, 4.69) is 29.4 Å². The fraction of sp³-hybridized carbons (Fsp3) is 0.588. The molecule has 1 atom stereocenters. The minimum atomic E-state index is 0.0206. The van der Waals surface area contributed by atoms with E-state index in [1.807, 2.05) is 25.1 Å². The third-order valence-electron chi connectivity index (χ3n) is 4.18. The summed E-state index contributed by atoms with van der Waals surface area (Å²) in [6.45, 7) is 10.2. The Balaban J connectivity index is 1.89. The molecule has 1 amide bonds. The quantitative estimate of drug-likeness (QED) is 0.846. The molecule has 1 aliphatic heterocycles. The van der Waals surface area contributed by atoms with Crippen molar-refractivity contribution in [1.82, 2.24) is 10.2 Å². The highest BCUT2D eigenvalue weighted by Crippen LogP contribution is 2.16. The van der Waals surface area contributed by atoms with Crippen molar-refractivity contribution in [2.24, 2.45) is 0 Å². The number of anilines is 1. The van der Waals surface area contributed by atoms with Crippen LogP contribution in [-0.2, 0) is 0 Å². The Hall–Kier alpha value is -1.55. The molecule has 0 saturated carbocycles. The molecule has 1 aliphatic rings. The maximum atomic E-state index is 12.2. The van der Waals surface area contributed by atoms with Gasteiger partial charge in [0, 0.05) is 30.4 Å². The lowest BCUT2D eigenvalue weighted by Crippen LogP contribution is -2.40. The van der Waals surface area contributed by atoms with Gasteiger partial charge in [0.15, 0.2) is 0 Å². The van der Waals surface area contributed by atoms with Crippen LogP contribution < -0.4 is 10.6 Å². The molecule has 1 unspecified atom stereocenters. The smallest absolute Gasteiger partial charge is 0.251 e. The van der Waals surface area contributed by atoms with Crippen molar-refractivity contribution in [3.05, 3.63) is 29.3 Å². The topological polar surface area (TPSA) is 44.4 Å². The predicted octanol–water partition coefficient (Wildman–Crippen LogP) is 2.64. The molecular formula is C17H27N3O. The summed E-state index contributed by atoms with van der Waals surface area (Å²) in [5, 5.41) is 6.34. The summed E-state index contributed by atoms with van der Waals surface area (Å²) in [4.78, 5) is 14.7. The predicted molar refractivity (Wildman–Crippen MR) is 87.9 cm³/mol. The molecule has 2 rings (SSSR count). The van der Waals surface area contributed by atoms with Crippen molar-refractivity contribution in [1.29, 1.82) is 0 Å². The van der Waals surface area contributed by atoms with Crippen LogP contribution in [0, 0.1) is 6.92 Å². The minimum Gasteiger partial charge on any atom is -0.385 e. The number of benzene rings is 1. The van der Waals surface area contributed by atoms with Gasteiger partial charge in [-0.2, -0.15) is 0 Å². The Labute approximate surface area is 127 Å². The van der Waals surface area contributed by atoms with E-state index in [-0.39, 0.29) is 5.91 Å². The van der Waals surface area contributed by atoms with E-state index in [4.69, 9.17) is 0 Å². The summed E-state index contributed by atoms with van der Waals surface area (Å²) in [7, 11) is 0. The van der Waals surface area contributed by atoms with Crippen molar-refractivity contribution in [2.45, 2.75) is 39.7 Å². The van der Waals surface area contributed by atoms with Crippen LogP contribution >= 0.6 is 0 Å². The largest absolute Gasteiger partial charge is 0.385 e. The van der Waals surface area contributed by atoms with E-state index in [0.29, 0.717) is 12.6 Å². The van der Waals surface area contributed by atoms with Crippen molar-refractivity contribution >= 4 is 11.6 Å². The highest BCUT2D eigenvalue weighted by molar-refractivity contribution is 5.94. The number of hydrogen-bond donors (Lipinski definition) is 2. The monoisotopic (exact) mass is 289 g/mol. The second kappa shape index (κ2) is 7.46. The molecule has 0 spiro atoms. The Morgan fingerprint density at radius 2 is 2.05 bits per heavy atom. The van der Waals surface area contributed by atoms with Crippen LogP contribution in [-0.4, -0.2) is 43.0 Å². The Kier molecular flexibility index (Phi) is 5.62.